The molecule has 230 valence electrons. The van der Waals surface area contributed by atoms with Crippen LogP contribution in [0.25, 0.3) is 21.7 Å². The Kier molecular flexibility index (Phi) is 8.96. The summed E-state index contributed by atoms with van der Waals surface area (Å²) in [6, 6.07) is 29.8. The van der Waals surface area contributed by atoms with E-state index in [1.165, 1.54) is 0 Å². The van der Waals surface area contributed by atoms with Crippen LogP contribution in [-0.4, -0.2) is 46.9 Å². The predicted octanol–water partition coefficient (Wildman–Crippen LogP) is 6.30. The number of likely N-dealkylation sites (N-methyl/N-ethyl adjacent to an activating group) is 1. The molecule has 0 radical (unpaired) electrons. The number of carbonyl (C=O) groups is 3. The molecule has 1 unspecified atom stereocenters. The second kappa shape index (κ2) is 13.4. The predicted molar refractivity (Wildman–Crippen MR) is 179 cm³/mol. The number of hydrogen-bond donors (Lipinski definition) is 3. The van der Waals surface area contributed by atoms with Crippen molar-refractivity contribution in [2.75, 3.05) is 7.05 Å². The minimum absolute atomic E-state index is 0.0715. The van der Waals surface area contributed by atoms with Gasteiger partial charge < -0.3 is 20.5 Å². The van der Waals surface area contributed by atoms with Crippen molar-refractivity contribution in [3.8, 4) is 0 Å². The number of benzene rings is 4. The molecular formula is C38H40N4O3. The summed E-state index contributed by atoms with van der Waals surface area (Å²) in [5.41, 5.74) is 4.57. The van der Waals surface area contributed by atoms with Crippen LogP contribution in [0.5, 0.6) is 0 Å². The van der Waals surface area contributed by atoms with Crippen molar-refractivity contribution < 1.29 is 14.4 Å². The Morgan fingerprint density at radius 2 is 1.58 bits per heavy atom. The molecule has 5 aromatic rings. The largest absolute Gasteiger partial charge is 0.360 e. The third-order valence-electron chi connectivity index (χ3n) is 9.14. The quantitative estimate of drug-likeness (QED) is 0.173. The highest BCUT2D eigenvalue weighted by Crippen LogP contribution is 2.27. The van der Waals surface area contributed by atoms with Gasteiger partial charge in [0.05, 0.1) is 17.9 Å². The van der Waals surface area contributed by atoms with Gasteiger partial charge in [-0.15, -0.1) is 0 Å². The van der Waals surface area contributed by atoms with Gasteiger partial charge in [-0.1, -0.05) is 103 Å². The minimum Gasteiger partial charge on any atom is -0.360 e. The van der Waals surface area contributed by atoms with Crippen molar-refractivity contribution in [2.24, 2.45) is 5.92 Å². The van der Waals surface area contributed by atoms with Crippen LogP contribution in [-0.2, 0) is 22.4 Å². The fourth-order valence-corrected chi connectivity index (χ4v) is 6.45. The molecule has 7 nitrogen and oxygen atoms in total. The topological polar surface area (TPSA) is 94.3 Å². The van der Waals surface area contributed by atoms with Gasteiger partial charge in [0.15, 0.2) is 0 Å². The van der Waals surface area contributed by atoms with Gasteiger partial charge in [-0.25, -0.2) is 0 Å². The van der Waals surface area contributed by atoms with Crippen molar-refractivity contribution in [3.05, 3.63) is 119 Å². The van der Waals surface area contributed by atoms with E-state index in [2.05, 4.69) is 45.9 Å². The van der Waals surface area contributed by atoms with E-state index in [0.29, 0.717) is 18.4 Å². The number of rotatable bonds is 9. The normalized spacial score (nSPS) is 17.1. The summed E-state index contributed by atoms with van der Waals surface area (Å²) in [4.78, 5) is 45.8. The first-order valence-electron chi connectivity index (χ1n) is 15.8. The van der Waals surface area contributed by atoms with E-state index in [1.807, 2.05) is 67.6 Å². The van der Waals surface area contributed by atoms with E-state index in [1.54, 1.807) is 18.1 Å². The Hall–Kier alpha value is -4.91. The molecule has 1 saturated carbocycles. The van der Waals surface area contributed by atoms with Crippen LogP contribution in [0.2, 0.25) is 0 Å². The van der Waals surface area contributed by atoms with Crippen molar-refractivity contribution in [1.29, 1.82) is 0 Å². The Bertz CT molecular complexity index is 1830. The lowest BCUT2D eigenvalue weighted by atomic mass is 9.83. The number of hydrogen-bond acceptors (Lipinski definition) is 3. The lowest BCUT2D eigenvalue weighted by molar-refractivity contribution is -0.135. The lowest BCUT2D eigenvalue weighted by Gasteiger charge is -2.35. The van der Waals surface area contributed by atoms with E-state index >= 15 is 0 Å². The first-order valence-corrected chi connectivity index (χ1v) is 15.8. The molecule has 3 amide bonds. The van der Waals surface area contributed by atoms with E-state index < -0.39 is 12.1 Å². The molecule has 0 spiro atoms. The number of aromatic nitrogens is 1. The highest BCUT2D eigenvalue weighted by molar-refractivity contribution is 6.07. The van der Waals surface area contributed by atoms with Crippen LogP contribution >= 0.6 is 0 Å². The molecule has 1 fully saturated rings. The van der Waals surface area contributed by atoms with E-state index in [0.717, 1.165) is 57.6 Å². The fourth-order valence-electron chi connectivity index (χ4n) is 6.45. The molecule has 0 aliphatic heterocycles. The molecule has 1 heterocycles. The molecule has 0 saturated heterocycles. The van der Waals surface area contributed by atoms with Gasteiger partial charge in [-0.2, -0.15) is 0 Å². The number of carbonyl (C=O) groups excluding carboxylic acids is 3. The van der Waals surface area contributed by atoms with Crippen LogP contribution in [0.4, 0.5) is 0 Å². The standard InChI is InChI=1S/C38H40N4O3/c1-25-15-17-26(18-16-25)23-36(43)42(2)35(22-27-19-20-28-9-3-4-10-29(28)21-27)41-37(44)31-12-6-8-14-34(31)40-38(45)32-24-39-33-13-7-5-11-30(32)33/h3-5,7,9-11,13,15-21,24,31,34-35,39H,6,8,12,14,22-23H2,1-2H3,(H,40,45)(H,41,44)/t31-,34?,35+/m1/s1. The first-order chi connectivity index (χ1) is 21.9. The van der Waals surface area contributed by atoms with Gasteiger partial charge in [0, 0.05) is 36.6 Å². The van der Waals surface area contributed by atoms with Crippen molar-refractivity contribution in [1.82, 2.24) is 20.5 Å². The summed E-state index contributed by atoms with van der Waals surface area (Å²) >= 11 is 0. The summed E-state index contributed by atoms with van der Waals surface area (Å²) in [5, 5.41) is 9.52. The van der Waals surface area contributed by atoms with Gasteiger partial charge in [0.1, 0.15) is 6.17 Å². The number of H-pyrrole nitrogens is 1. The molecule has 1 aliphatic rings. The summed E-state index contributed by atoms with van der Waals surface area (Å²) in [6.07, 6.45) is 5.14. The molecule has 1 aliphatic carbocycles. The Morgan fingerprint density at radius 3 is 2.40 bits per heavy atom. The summed E-state index contributed by atoms with van der Waals surface area (Å²) in [6.45, 7) is 2.02. The highest BCUT2D eigenvalue weighted by Gasteiger charge is 2.34. The maximum atomic E-state index is 14.0. The van der Waals surface area contributed by atoms with Gasteiger partial charge >= 0.3 is 0 Å². The van der Waals surface area contributed by atoms with Crippen molar-refractivity contribution >= 4 is 39.4 Å². The smallest absolute Gasteiger partial charge is 0.253 e. The number of aromatic amines is 1. The second-order valence-corrected chi connectivity index (χ2v) is 12.3. The average Bonchev–Trinajstić information content (AvgIpc) is 3.50. The zero-order chi connectivity index (χ0) is 31.3. The highest BCUT2D eigenvalue weighted by atomic mass is 16.2. The lowest BCUT2D eigenvalue weighted by Crippen LogP contribution is -2.55. The van der Waals surface area contributed by atoms with E-state index in [9.17, 15) is 14.4 Å². The second-order valence-electron chi connectivity index (χ2n) is 12.3. The van der Waals surface area contributed by atoms with Crippen LogP contribution in [0.3, 0.4) is 0 Å². The molecule has 1 aromatic heterocycles. The van der Waals surface area contributed by atoms with Crippen molar-refractivity contribution in [3.63, 3.8) is 0 Å². The zero-order valence-electron chi connectivity index (χ0n) is 25.9. The monoisotopic (exact) mass is 600 g/mol. The molecule has 4 aromatic carbocycles. The van der Waals surface area contributed by atoms with Crippen LogP contribution in [0.1, 0.15) is 52.7 Å². The SMILES string of the molecule is Cc1ccc(CC(=O)N(C)[C@@H](Cc2ccc3ccccc3c2)NC(=O)[C@@H]2CCCCC2NC(=O)c2c[nH]c3ccccc23)cc1. The average molecular weight is 601 g/mol. The number of amides is 3. The zero-order valence-corrected chi connectivity index (χ0v) is 25.9. The third-order valence-corrected chi connectivity index (χ3v) is 9.14. The van der Waals surface area contributed by atoms with Crippen LogP contribution in [0, 0.1) is 12.8 Å². The fraction of sp³-hybridized carbons (Fsp3) is 0.289. The van der Waals surface area contributed by atoms with E-state index in [-0.39, 0.29) is 30.2 Å². The summed E-state index contributed by atoms with van der Waals surface area (Å²) in [5.74, 6) is -0.791. The maximum Gasteiger partial charge on any atom is 0.253 e. The van der Waals surface area contributed by atoms with Gasteiger partial charge in [-0.05, 0) is 47.7 Å². The Morgan fingerprint density at radius 1 is 0.867 bits per heavy atom. The van der Waals surface area contributed by atoms with Gasteiger partial charge in [0.2, 0.25) is 11.8 Å². The van der Waals surface area contributed by atoms with E-state index in [4.69, 9.17) is 0 Å². The van der Waals surface area contributed by atoms with Crippen LogP contribution in [0.15, 0.2) is 97.2 Å². The number of para-hydroxylation sites is 1. The number of nitrogens with one attached hydrogen (secondary N) is 3. The number of fused-ring (bicyclic) bond motifs is 2. The van der Waals surface area contributed by atoms with Crippen molar-refractivity contribution in [2.45, 2.75) is 57.7 Å². The maximum absolute atomic E-state index is 14.0. The first kappa shape index (κ1) is 30.1. The number of aryl methyl sites for hydroxylation is 1. The molecule has 0 bridgehead atoms. The van der Waals surface area contributed by atoms with Gasteiger partial charge in [-0.3, -0.25) is 14.4 Å². The summed E-state index contributed by atoms with van der Waals surface area (Å²) in [7, 11) is 1.76. The molecule has 3 N–H and O–H groups in total. The van der Waals surface area contributed by atoms with Crippen LogP contribution < -0.4 is 10.6 Å². The molecule has 7 heteroatoms. The Labute approximate surface area is 264 Å². The summed E-state index contributed by atoms with van der Waals surface area (Å²) < 4.78 is 0. The third kappa shape index (κ3) is 6.93. The molecule has 3 atom stereocenters. The molecule has 6 rings (SSSR count). The molecular weight excluding hydrogens is 560 g/mol. The van der Waals surface area contributed by atoms with Gasteiger partial charge in [0.25, 0.3) is 5.91 Å². The Balaban J connectivity index is 1.21. The number of nitrogens with zero attached hydrogens (tertiary/aromatic N) is 1. The minimum atomic E-state index is -0.552. The molecule has 45 heavy (non-hydrogen) atoms.